The molecular weight excluding hydrogens is 362 g/mol. The molecule has 2 aromatic rings. The summed E-state index contributed by atoms with van der Waals surface area (Å²) in [5.74, 6) is 1.58. The molecule has 3 atom stereocenters. The van der Waals surface area contributed by atoms with Crippen molar-refractivity contribution in [2.24, 2.45) is 11.8 Å². The van der Waals surface area contributed by atoms with Gasteiger partial charge in [-0.1, -0.05) is 18.2 Å². The van der Waals surface area contributed by atoms with E-state index in [-0.39, 0.29) is 11.5 Å². The van der Waals surface area contributed by atoms with Crippen LogP contribution in [0.4, 0.5) is 0 Å². The molecule has 3 aliphatic rings. The van der Waals surface area contributed by atoms with Crippen molar-refractivity contribution >= 4 is 16.8 Å². The summed E-state index contributed by atoms with van der Waals surface area (Å²) in [5, 5.41) is 1.25. The highest BCUT2D eigenvalue weighted by atomic mass is 16.2. The van der Waals surface area contributed by atoms with E-state index in [1.807, 2.05) is 22.6 Å². The Hall–Kier alpha value is -2.14. The number of carbonyl (C=O) groups excluding carboxylic acids is 1. The lowest BCUT2D eigenvalue weighted by Crippen LogP contribution is -2.38. The Morgan fingerprint density at radius 3 is 2.86 bits per heavy atom. The first-order valence-corrected chi connectivity index (χ1v) is 11.1. The van der Waals surface area contributed by atoms with Crippen LogP contribution in [0.1, 0.15) is 43.7 Å². The molecule has 0 radical (unpaired) electrons. The molecule has 1 saturated carbocycles. The number of fused-ring (bicyclic) bond motifs is 1. The second-order valence-corrected chi connectivity index (χ2v) is 9.38. The predicted octanol–water partition coefficient (Wildman–Crippen LogP) is 3.03. The number of carbonyl (C=O) groups is 1. The van der Waals surface area contributed by atoms with Gasteiger partial charge in [-0.05, 0) is 61.6 Å². The normalized spacial score (nSPS) is 26.5. The molecule has 1 aromatic carbocycles. The van der Waals surface area contributed by atoms with Gasteiger partial charge < -0.3 is 9.47 Å². The molecule has 2 aliphatic heterocycles. The molecule has 0 unspecified atom stereocenters. The summed E-state index contributed by atoms with van der Waals surface area (Å²) in [6.07, 6.45) is 5.59. The van der Waals surface area contributed by atoms with Crippen molar-refractivity contribution in [1.29, 1.82) is 0 Å². The zero-order valence-electron chi connectivity index (χ0n) is 17.6. The number of likely N-dealkylation sites (tertiary alicyclic amines) is 1. The van der Waals surface area contributed by atoms with Gasteiger partial charge in [0.05, 0.1) is 5.52 Å². The topological polar surface area (TPSA) is 45.6 Å². The average molecular weight is 394 g/mol. The molecule has 5 rings (SSSR count). The van der Waals surface area contributed by atoms with E-state index in [0.29, 0.717) is 12.0 Å². The zero-order valence-corrected chi connectivity index (χ0v) is 17.6. The van der Waals surface area contributed by atoms with E-state index in [1.165, 1.54) is 28.5 Å². The summed E-state index contributed by atoms with van der Waals surface area (Å²) in [4.78, 5) is 29.0. The number of rotatable bonds is 3. The number of amides is 1. The van der Waals surface area contributed by atoms with Crippen molar-refractivity contribution in [3.8, 4) is 0 Å². The largest absolute Gasteiger partial charge is 0.343 e. The van der Waals surface area contributed by atoms with Crippen molar-refractivity contribution in [2.75, 3.05) is 20.1 Å². The second kappa shape index (κ2) is 7.28. The fourth-order valence-electron chi connectivity index (χ4n) is 6.05. The van der Waals surface area contributed by atoms with Gasteiger partial charge in [0.25, 0.3) is 5.56 Å². The van der Waals surface area contributed by atoms with Crippen LogP contribution in [0.15, 0.2) is 29.1 Å². The van der Waals surface area contributed by atoms with Gasteiger partial charge in [-0.15, -0.1) is 0 Å². The third-order valence-corrected chi connectivity index (χ3v) is 7.69. The fraction of sp³-hybridized carbons (Fsp3) is 0.583. The van der Waals surface area contributed by atoms with Gasteiger partial charge in [0, 0.05) is 51.1 Å². The lowest BCUT2D eigenvalue weighted by atomic mass is 9.88. The minimum atomic E-state index is 0.151. The van der Waals surface area contributed by atoms with Crippen molar-refractivity contribution in [3.05, 3.63) is 45.7 Å². The maximum Gasteiger partial charge on any atom is 0.251 e. The van der Waals surface area contributed by atoms with Gasteiger partial charge in [-0.3, -0.25) is 14.5 Å². The third kappa shape index (κ3) is 3.29. The van der Waals surface area contributed by atoms with E-state index in [9.17, 15) is 9.59 Å². The maximum absolute atomic E-state index is 12.8. The Labute approximate surface area is 172 Å². The monoisotopic (exact) mass is 393 g/mol. The second-order valence-electron chi connectivity index (χ2n) is 9.38. The van der Waals surface area contributed by atoms with Gasteiger partial charge in [0.2, 0.25) is 5.91 Å². The number of para-hydroxylation sites is 1. The van der Waals surface area contributed by atoms with Crippen LogP contribution in [-0.4, -0.2) is 46.5 Å². The molecule has 29 heavy (non-hydrogen) atoms. The molecule has 154 valence electrons. The summed E-state index contributed by atoms with van der Waals surface area (Å²) in [7, 11) is 1.95. The fourth-order valence-corrected chi connectivity index (χ4v) is 6.05. The van der Waals surface area contributed by atoms with Crippen LogP contribution < -0.4 is 5.56 Å². The number of pyridine rings is 1. The van der Waals surface area contributed by atoms with E-state index in [0.717, 1.165) is 57.8 Å². The molecule has 5 nitrogen and oxygen atoms in total. The Bertz CT molecular complexity index is 1010. The first-order valence-electron chi connectivity index (χ1n) is 11.1. The molecule has 1 aliphatic carbocycles. The van der Waals surface area contributed by atoms with Crippen molar-refractivity contribution in [2.45, 2.75) is 58.2 Å². The smallest absolute Gasteiger partial charge is 0.251 e. The Balaban J connectivity index is 1.37. The SMILES string of the molecule is CC(=O)N(C)[C@H]1C[C@H]2CCN(Cc3cc(=O)n4c5c(cccc35)CCC4)C[C@H]2C1. The number of hydrogen-bond donors (Lipinski definition) is 0. The number of hydrogen-bond acceptors (Lipinski definition) is 3. The lowest BCUT2D eigenvalue weighted by Gasteiger charge is -2.35. The standard InChI is InChI=1S/C24H31N3O2/c1-16(28)25(2)21-11-18-8-10-26(14-19(18)12-21)15-20-13-23(29)27-9-4-6-17-5-3-7-22(20)24(17)27/h3,5,7,13,18-19,21H,4,6,8-12,14-15H2,1-2H3/t18-,19-,21+/m1/s1. The number of benzene rings is 1. The van der Waals surface area contributed by atoms with E-state index in [2.05, 4.69) is 23.1 Å². The molecular formula is C24H31N3O2. The summed E-state index contributed by atoms with van der Waals surface area (Å²) >= 11 is 0. The Morgan fingerprint density at radius 1 is 1.21 bits per heavy atom. The predicted molar refractivity (Wildman–Crippen MR) is 115 cm³/mol. The average Bonchev–Trinajstić information content (AvgIpc) is 3.14. The highest BCUT2D eigenvalue weighted by molar-refractivity contribution is 5.86. The van der Waals surface area contributed by atoms with Gasteiger partial charge >= 0.3 is 0 Å². The Morgan fingerprint density at radius 2 is 2.03 bits per heavy atom. The first-order chi connectivity index (χ1) is 14.0. The van der Waals surface area contributed by atoms with Crippen LogP contribution in [0, 0.1) is 11.8 Å². The van der Waals surface area contributed by atoms with Crippen molar-refractivity contribution in [1.82, 2.24) is 14.4 Å². The molecule has 5 heteroatoms. The molecule has 3 heterocycles. The molecule has 1 saturated heterocycles. The van der Waals surface area contributed by atoms with E-state index < -0.39 is 0 Å². The van der Waals surface area contributed by atoms with Crippen molar-refractivity contribution < 1.29 is 4.79 Å². The van der Waals surface area contributed by atoms with Gasteiger partial charge in [-0.25, -0.2) is 0 Å². The summed E-state index contributed by atoms with van der Waals surface area (Å²) in [5.41, 5.74) is 3.81. The van der Waals surface area contributed by atoms with E-state index >= 15 is 0 Å². The minimum absolute atomic E-state index is 0.151. The minimum Gasteiger partial charge on any atom is -0.343 e. The van der Waals surface area contributed by atoms with Crippen LogP contribution in [0.25, 0.3) is 10.9 Å². The van der Waals surface area contributed by atoms with Crippen LogP contribution in [-0.2, 0) is 24.3 Å². The highest BCUT2D eigenvalue weighted by Crippen LogP contribution is 2.40. The molecule has 1 amide bonds. The number of piperidine rings is 1. The third-order valence-electron chi connectivity index (χ3n) is 7.69. The maximum atomic E-state index is 12.8. The van der Waals surface area contributed by atoms with Crippen LogP contribution in [0.2, 0.25) is 0 Å². The number of aryl methyl sites for hydroxylation is 2. The Kier molecular flexibility index (Phi) is 4.73. The van der Waals surface area contributed by atoms with Crippen molar-refractivity contribution in [3.63, 3.8) is 0 Å². The summed E-state index contributed by atoms with van der Waals surface area (Å²) < 4.78 is 1.98. The number of aromatic nitrogens is 1. The first kappa shape index (κ1) is 18.9. The molecule has 1 aromatic heterocycles. The quantitative estimate of drug-likeness (QED) is 0.805. The summed E-state index contributed by atoms with van der Waals surface area (Å²) in [6.45, 7) is 5.53. The zero-order chi connectivity index (χ0) is 20.1. The molecule has 2 fully saturated rings. The van der Waals surface area contributed by atoms with Gasteiger partial charge in [0.1, 0.15) is 0 Å². The molecule has 0 N–H and O–H groups in total. The van der Waals surface area contributed by atoms with Crippen LogP contribution >= 0.6 is 0 Å². The van der Waals surface area contributed by atoms with E-state index in [1.54, 1.807) is 6.92 Å². The van der Waals surface area contributed by atoms with Gasteiger partial charge in [0.15, 0.2) is 0 Å². The highest BCUT2D eigenvalue weighted by Gasteiger charge is 2.40. The number of nitrogens with zero attached hydrogens (tertiary/aromatic N) is 3. The van der Waals surface area contributed by atoms with Crippen LogP contribution in [0.3, 0.4) is 0 Å². The van der Waals surface area contributed by atoms with E-state index in [4.69, 9.17) is 0 Å². The molecule has 0 bridgehead atoms. The summed E-state index contributed by atoms with van der Waals surface area (Å²) in [6, 6.07) is 8.79. The van der Waals surface area contributed by atoms with Crippen LogP contribution in [0.5, 0.6) is 0 Å². The van der Waals surface area contributed by atoms with Gasteiger partial charge in [-0.2, -0.15) is 0 Å². The lowest BCUT2D eigenvalue weighted by molar-refractivity contribution is -0.129. The molecule has 0 spiro atoms.